The zero-order chi connectivity index (χ0) is 13.0. The topological polar surface area (TPSA) is 64.4 Å². The second-order valence-electron chi connectivity index (χ2n) is 5.49. The van der Waals surface area contributed by atoms with Gasteiger partial charge in [0.1, 0.15) is 0 Å². The number of hydrogen-bond acceptors (Lipinski definition) is 4. The summed E-state index contributed by atoms with van der Waals surface area (Å²) in [4.78, 5) is 12.1. The van der Waals surface area contributed by atoms with Gasteiger partial charge in [-0.15, -0.1) is 0 Å². The van der Waals surface area contributed by atoms with E-state index < -0.39 is 0 Å². The van der Waals surface area contributed by atoms with Gasteiger partial charge in [-0.3, -0.25) is 4.79 Å². The molecule has 1 aliphatic heterocycles. The number of thioether (sulfide) groups is 1. The number of ether oxygens (including phenoxy) is 1. The zero-order valence-electron chi connectivity index (χ0n) is 11.1. The summed E-state index contributed by atoms with van der Waals surface area (Å²) in [5.41, 5.74) is 5.85. The van der Waals surface area contributed by atoms with E-state index in [1.807, 2.05) is 11.8 Å². The minimum Gasteiger partial charge on any atom is -0.381 e. The van der Waals surface area contributed by atoms with Crippen molar-refractivity contribution in [2.45, 2.75) is 42.9 Å². The van der Waals surface area contributed by atoms with Gasteiger partial charge < -0.3 is 15.8 Å². The summed E-state index contributed by atoms with van der Waals surface area (Å²) in [6.07, 6.45) is 6.96. The Morgan fingerprint density at radius 1 is 1.44 bits per heavy atom. The zero-order valence-corrected chi connectivity index (χ0v) is 11.9. The Labute approximate surface area is 113 Å². The van der Waals surface area contributed by atoms with Gasteiger partial charge >= 0.3 is 0 Å². The van der Waals surface area contributed by atoms with Crippen LogP contribution in [-0.4, -0.2) is 42.7 Å². The average Bonchev–Trinajstić information content (AvgIpc) is 2.84. The molecule has 1 saturated carbocycles. The minimum atomic E-state index is 0.138. The van der Waals surface area contributed by atoms with Crippen molar-refractivity contribution in [3.8, 4) is 0 Å². The number of hydrogen-bond donors (Lipinski definition) is 2. The molecular weight excluding hydrogens is 248 g/mol. The number of nitrogens with one attached hydrogen (secondary N) is 1. The van der Waals surface area contributed by atoms with Crippen molar-refractivity contribution in [1.82, 2.24) is 5.32 Å². The first-order chi connectivity index (χ1) is 8.65. The molecule has 0 aromatic carbocycles. The summed E-state index contributed by atoms with van der Waals surface area (Å²) in [6.45, 7) is 2.39. The third-order valence-corrected chi connectivity index (χ3v) is 5.68. The molecule has 2 atom stereocenters. The molecule has 1 heterocycles. The van der Waals surface area contributed by atoms with Gasteiger partial charge in [-0.2, -0.15) is 11.8 Å². The molecule has 18 heavy (non-hydrogen) atoms. The van der Waals surface area contributed by atoms with Crippen molar-refractivity contribution in [3.05, 3.63) is 0 Å². The van der Waals surface area contributed by atoms with E-state index in [1.165, 1.54) is 0 Å². The lowest BCUT2D eigenvalue weighted by Gasteiger charge is -2.36. The molecule has 4 nitrogen and oxygen atoms in total. The number of carbonyl (C=O) groups excluding carboxylic acids is 1. The summed E-state index contributed by atoms with van der Waals surface area (Å²) in [5.74, 6) is 0.335. The Kier molecular flexibility index (Phi) is 4.92. The number of nitrogens with two attached hydrogens (primary N) is 1. The van der Waals surface area contributed by atoms with Crippen LogP contribution in [0.25, 0.3) is 0 Å². The van der Waals surface area contributed by atoms with Gasteiger partial charge in [-0.1, -0.05) is 0 Å². The molecule has 0 aromatic heterocycles. The maximum atomic E-state index is 12.1. The molecule has 1 amide bonds. The molecule has 0 aromatic rings. The lowest BCUT2D eigenvalue weighted by molar-refractivity contribution is -0.125. The molecule has 5 heteroatoms. The van der Waals surface area contributed by atoms with E-state index in [0.717, 1.165) is 51.9 Å². The van der Waals surface area contributed by atoms with Gasteiger partial charge in [0.15, 0.2) is 0 Å². The Balaban J connectivity index is 1.80. The van der Waals surface area contributed by atoms with Gasteiger partial charge in [-0.25, -0.2) is 0 Å². The van der Waals surface area contributed by atoms with E-state index in [1.54, 1.807) is 0 Å². The highest BCUT2D eigenvalue weighted by Crippen LogP contribution is 2.33. The van der Waals surface area contributed by atoms with Crippen LogP contribution in [0.4, 0.5) is 0 Å². The molecule has 0 bridgehead atoms. The molecule has 104 valence electrons. The molecule has 2 rings (SSSR count). The van der Waals surface area contributed by atoms with Gasteiger partial charge in [-0.05, 0) is 38.4 Å². The average molecular weight is 272 g/mol. The molecule has 1 saturated heterocycles. The van der Waals surface area contributed by atoms with E-state index in [9.17, 15) is 4.79 Å². The predicted molar refractivity (Wildman–Crippen MR) is 74.6 cm³/mol. The van der Waals surface area contributed by atoms with Gasteiger partial charge in [0.25, 0.3) is 0 Å². The number of rotatable bonds is 4. The van der Waals surface area contributed by atoms with Gasteiger partial charge in [0.05, 0.1) is 0 Å². The van der Waals surface area contributed by atoms with Crippen LogP contribution in [0, 0.1) is 5.92 Å². The molecule has 1 aliphatic carbocycles. The van der Waals surface area contributed by atoms with Crippen molar-refractivity contribution in [2.75, 3.05) is 26.0 Å². The summed E-state index contributed by atoms with van der Waals surface area (Å²) in [7, 11) is 0. The molecule has 2 aliphatic rings. The third kappa shape index (κ3) is 3.39. The lowest BCUT2D eigenvalue weighted by atomic mass is 9.98. The van der Waals surface area contributed by atoms with Gasteiger partial charge in [0.2, 0.25) is 5.91 Å². The molecule has 2 fully saturated rings. The lowest BCUT2D eigenvalue weighted by Crippen LogP contribution is -2.45. The van der Waals surface area contributed by atoms with Crippen molar-refractivity contribution in [3.63, 3.8) is 0 Å². The highest BCUT2D eigenvalue weighted by Gasteiger charge is 2.34. The fourth-order valence-electron chi connectivity index (χ4n) is 2.84. The van der Waals surface area contributed by atoms with Crippen molar-refractivity contribution < 1.29 is 9.53 Å². The second-order valence-corrected chi connectivity index (χ2v) is 6.76. The van der Waals surface area contributed by atoms with Crippen LogP contribution in [0.3, 0.4) is 0 Å². The summed E-state index contributed by atoms with van der Waals surface area (Å²) in [5, 5.41) is 3.14. The van der Waals surface area contributed by atoms with Crippen LogP contribution < -0.4 is 11.1 Å². The van der Waals surface area contributed by atoms with Crippen LogP contribution >= 0.6 is 11.8 Å². The molecule has 3 N–H and O–H groups in total. The quantitative estimate of drug-likeness (QED) is 0.805. The predicted octanol–water partition coefficient (Wildman–Crippen LogP) is 1.14. The van der Waals surface area contributed by atoms with E-state index in [-0.39, 0.29) is 22.6 Å². The van der Waals surface area contributed by atoms with Crippen LogP contribution in [0.2, 0.25) is 0 Å². The highest BCUT2D eigenvalue weighted by atomic mass is 32.2. The van der Waals surface area contributed by atoms with Crippen molar-refractivity contribution in [1.29, 1.82) is 0 Å². The van der Waals surface area contributed by atoms with Crippen molar-refractivity contribution >= 4 is 17.7 Å². The first-order valence-corrected chi connectivity index (χ1v) is 8.04. The van der Waals surface area contributed by atoms with E-state index in [0.29, 0.717) is 0 Å². The van der Waals surface area contributed by atoms with Crippen LogP contribution in [0.15, 0.2) is 0 Å². The third-order valence-electron chi connectivity index (χ3n) is 4.27. The molecular formula is C13H24N2O2S. The monoisotopic (exact) mass is 272 g/mol. The maximum Gasteiger partial charge on any atom is 0.223 e. The number of carbonyl (C=O) groups is 1. The summed E-state index contributed by atoms with van der Waals surface area (Å²) >= 11 is 1.86. The summed E-state index contributed by atoms with van der Waals surface area (Å²) in [6, 6.07) is 0.221. The van der Waals surface area contributed by atoms with Crippen molar-refractivity contribution in [2.24, 2.45) is 11.7 Å². The second kappa shape index (κ2) is 6.26. The first-order valence-electron chi connectivity index (χ1n) is 6.81. The standard InChI is InChI=1S/C13H24N2O2S/c1-18-13(4-6-17-7-5-13)9-15-12(16)10-2-3-11(14)8-10/h10-11H,2-9,14H2,1H3,(H,15,16). The van der Waals surface area contributed by atoms with E-state index >= 15 is 0 Å². The Morgan fingerprint density at radius 3 is 2.72 bits per heavy atom. The smallest absolute Gasteiger partial charge is 0.223 e. The molecule has 0 radical (unpaired) electrons. The maximum absolute atomic E-state index is 12.1. The van der Waals surface area contributed by atoms with Crippen LogP contribution in [0.1, 0.15) is 32.1 Å². The van der Waals surface area contributed by atoms with E-state index in [4.69, 9.17) is 10.5 Å². The van der Waals surface area contributed by atoms with Crippen LogP contribution in [0.5, 0.6) is 0 Å². The minimum absolute atomic E-state index is 0.138. The Hall–Kier alpha value is -0.260. The first kappa shape index (κ1) is 14.2. The number of amides is 1. The Bertz CT molecular complexity index is 293. The summed E-state index contributed by atoms with van der Waals surface area (Å²) < 4.78 is 5.58. The Morgan fingerprint density at radius 2 is 2.17 bits per heavy atom. The van der Waals surface area contributed by atoms with E-state index in [2.05, 4.69) is 11.6 Å². The molecule has 0 spiro atoms. The normalized spacial score (nSPS) is 31.2. The fraction of sp³-hybridized carbons (Fsp3) is 0.923. The largest absolute Gasteiger partial charge is 0.381 e. The highest BCUT2D eigenvalue weighted by molar-refractivity contribution is 8.00. The molecule has 2 unspecified atom stereocenters. The fourth-order valence-corrected chi connectivity index (χ4v) is 3.63. The SMILES string of the molecule is CSC1(CNC(=O)C2CCC(N)C2)CCOCC1. The van der Waals surface area contributed by atoms with Crippen LogP contribution in [-0.2, 0) is 9.53 Å². The van der Waals surface area contributed by atoms with Gasteiger partial charge in [0, 0.05) is 36.5 Å².